The van der Waals surface area contributed by atoms with E-state index in [2.05, 4.69) is 31.9 Å². The molecule has 0 aliphatic heterocycles. The summed E-state index contributed by atoms with van der Waals surface area (Å²) in [5, 5.41) is 1.71. The molecule has 1 amide bonds. The molecule has 1 rings (SSSR count). The van der Waals surface area contributed by atoms with Crippen LogP contribution < -0.4 is 11.1 Å². The maximum absolute atomic E-state index is 12.8. The smallest absolute Gasteiger partial charge is 0.383 e. The lowest BCUT2D eigenvalue weighted by Crippen LogP contribution is -2.41. The number of hydrogen-bond donors (Lipinski definition) is 2. The normalized spacial score (nSPS) is 11.7. The summed E-state index contributed by atoms with van der Waals surface area (Å²) < 4.78 is 49.8. The van der Waals surface area contributed by atoms with Crippen LogP contribution in [0.25, 0.3) is 0 Å². The number of anilines is 2. The highest BCUT2D eigenvalue weighted by Crippen LogP contribution is 2.35. The van der Waals surface area contributed by atoms with Crippen LogP contribution >= 0.6 is 31.9 Å². The van der Waals surface area contributed by atoms with Crippen LogP contribution in [0, 0.1) is 0 Å². The number of halogens is 6. The average molecular weight is 394 g/mol. The Morgan fingerprint density at radius 2 is 1.72 bits per heavy atom. The van der Waals surface area contributed by atoms with Crippen molar-refractivity contribution in [3.05, 3.63) is 21.1 Å². The van der Waals surface area contributed by atoms with Gasteiger partial charge in [-0.2, -0.15) is 8.78 Å². The molecule has 0 radical (unpaired) electrons. The quantitative estimate of drug-likeness (QED) is 0.608. The molecule has 3 N–H and O–H groups in total. The molecule has 9 heteroatoms. The minimum atomic E-state index is -4.76. The van der Waals surface area contributed by atoms with E-state index in [4.69, 9.17) is 5.73 Å². The zero-order valence-corrected chi connectivity index (χ0v) is 11.7. The van der Waals surface area contributed by atoms with Crippen LogP contribution in [-0.2, 0) is 4.79 Å². The van der Waals surface area contributed by atoms with Crippen molar-refractivity contribution in [2.75, 3.05) is 11.1 Å². The number of nitrogens with two attached hydrogens (primary N) is 1. The molecule has 0 aromatic heterocycles. The summed E-state index contributed by atoms with van der Waals surface area (Å²) in [7, 11) is 0. The van der Waals surface area contributed by atoms with Crippen LogP contribution in [0.1, 0.15) is 0 Å². The number of alkyl halides is 4. The Balaban J connectivity index is 3.03. The Labute approximate surface area is 116 Å². The summed E-state index contributed by atoms with van der Waals surface area (Å²) in [6, 6.07) is 2.67. The van der Waals surface area contributed by atoms with Crippen LogP contribution in [0.2, 0.25) is 0 Å². The summed E-state index contributed by atoms with van der Waals surface area (Å²) in [6.07, 6.45) is -4.08. The van der Waals surface area contributed by atoms with Gasteiger partial charge in [0.1, 0.15) is 0 Å². The summed E-state index contributed by atoms with van der Waals surface area (Å²) >= 11 is 5.95. The van der Waals surface area contributed by atoms with Gasteiger partial charge in [-0.05, 0) is 44.0 Å². The lowest BCUT2D eigenvalue weighted by atomic mass is 10.2. The molecule has 0 aliphatic rings. The second-order valence-electron chi connectivity index (χ2n) is 3.24. The van der Waals surface area contributed by atoms with Crippen molar-refractivity contribution in [3.63, 3.8) is 0 Å². The summed E-state index contributed by atoms with van der Waals surface area (Å²) in [5.74, 6) is -6.86. The zero-order valence-electron chi connectivity index (χ0n) is 8.49. The fourth-order valence-electron chi connectivity index (χ4n) is 1.01. The highest BCUT2D eigenvalue weighted by atomic mass is 79.9. The number of carbonyl (C=O) groups excluding carboxylic acids is 1. The van der Waals surface area contributed by atoms with Crippen molar-refractivity contribution in [2.24, 2.45) is 0 Å². The van der Waals surface area contributed by atoms with Gasteiger partial charge in [-0.15, -0.1) is 0 Å². The maximum Gasteiger partial charge on any atom is 0.383 e. The zero-order chi connectivity index (χ0) is 14.1. The van der Waals surface area contributed by atoms with E-state index in [1.165, 1.54) is 12.1 Å². The van der Waals surface area contributed by atoms with E-state index < -0.39 is 18.3 Å². The van der Waals surface area contributed by atoms with Crippen LogP contribution in [0.5, 0.6) is 0 Å². The minimum absolute atomic E-state index is 0.102. The third-order valence-electron chi connectivity index (χ3n) is 1.88. The average Bonchev–Trinajstić information content (AvgIpc) is 2.22. The molecule has 0 heterocycles. The largest absolute Gasteiger partial charge is 0.399 e. The lowest BCUT2D eigenvalue weighted by Gasteiger charge is -2.16. The molecule has 1 aromatic carbocycles. The first-order chi connectivity index (χ1) is 8.16. The standard InChI is InChI=1S/C9H6Br2F4N2O/c10-4-1-3(16)2-5(11)6(4)17-8(18)9(14,15)7(12)13/h1-2,7H,16H2,(H,17,18). The van der Waals surface area contributed by atoms with Crippen molar-refractivity contribution >= 4 is 49.1 Å². The molecule has 1 aromatic rings. The lowest BCUT2D eigenvalue weighted by molar-refractivity contribution is -0.163. The van der Waals surface area contributed by atoms with E-state index in [-0.39, 0.29) is 14.6 Å². The molecule has 0 saturated carbocycles. The van der Waals surface area contributed by atoms with Gasteiger partial charge < -0.3 is 11.1 Å². The molecule has 0 unspecified atom stereocenters. The van der Waals surface area contributed by atoms with Gasteiger partial charge in [0.2, 0.25) is 0 Å². The number of hydrogen-bond acceptors (Lipinski definition) is 2. The van der Waals surface area contributed by atoms with Crippen LogP contribution in [0.4, 0.5) is 28.9 Å². The Bertz CT molecular complexity index is 459. The second kappa shape index (κ2) is 5.43. The number of amides is 1. The van der Waals surface area contributed by atoms with Gasteiger partial charge in [0.15, 0.2) is 0 Å². The molecule has 0 bridgehead atoms. The summed E-state index contributed by atoms with van der Waals surface area (Å²) in [5.41, 5.74) is 5.65. The van der Waals surface area contributed by atoms with Gasteiger partial charge in [0.05, 0.1) is 5.69 Å². The van der Waals surface area contributed by atoms with E-state index in [1.54, 1.807) is 5.32 Å². The van der Waals surface area contributed by atoms with Crippen LogP contribution in [-0.4, -0.2) is 18.3 Å². The number of rotatable bonds is 3. The number of nitrogens with one attached hydrogen (secondary N) is 1. The summed E-state index contributed by atoms with van der Waals surface area (Å²) in [6.45, 7) is 0. The molecule has 18 heavy (non-hydrogen) atoms. The van der Waals surface area contributed by atoms with Gasteiger partial charge in [-0.1, -0.05) is 0 Å². The van der Waals surface area contributed by atoms with E-state index in [0.29, 0.717) is 5.69 Å². The first kappa shape index (κ1) is 15.2. The van der Waals surface area contributed by atoms with E-state index in [9.17, 15) is 22.4 Å². The van der Waals surface area contributed by atoms with Gasteiger partial charge >= 0.3 is 18.3 Å². The minimum Gasteiger partial charge on any atom is -0.399 e. The van der Waals surface area contributed by atoms with Gasteiger partial charge in [-0.3, -0.25) is 4.79 Å². The van der Waals surface area contributed by atoms with Crippen LogP contribution in [0.3, 0.4) is 0 Å². The third-order valence-corrected chi connectivity index (χ3v) is 3.13. The Morgan fingerprint density at radius 3 is 2.11 bits per heavy atom. The predicted octanol–water partition coefficient (Wildman–Crippen LogP) is 3.63. The predicted molar refractivity (Wildman–Crippen MR) is 65.8 cm³/mol. The van der Waals surface area contributed by atoms with Gasteiger partial charge in [0.25, 0.3) is 0 Å². The first-order valence-electron chi connectivity index (χ1n) is 4.38. The number of nitrogen functional groups attached to an aromatic ring is 1. The molecule has 0 saturated heterocycles. The Kier molecular flexibility index (Phi) is 4.60. The Morgan fingerprint density at radius 1 is 1.28 bits per heavy atom. The Hall–Kier alpha value is -0.830. The monoisotopic (exact) mass is 392 g/mol. The second-order valence-corrected chi connectivity index (χ2v) is 4.95. The van der Waals surface area contributed by atoms with E-state index in [1.807, 2.05) is 0 Å². The third kappa shape index (κ3) is 3.14. The van der Waals surface area contributed by atoms with Gasteiger partial charge in [0, 0.05) is 14.6 Å². The maximum atomic E-state index is 12.8. The topological polar surface area (TPSA) is 55.1 Å². The molecule has 3 nitrogen and oxygen atoms in total. The highest BCUT2D eigenvalue weighted by Gasteiger charge is 2.49. The SMILES string of the molecule is Nc1cc(Br)c(NC(=O)C(F)(F)C(F)F)c(Br)c1. The number of carbonyl (C=O) groups is 1. The summed E-state index contributed by atoms with van der Waals surface area (Å²) in [4.78, 5) is 11.1. The molecule has 0 aliphatic carbocycles. The van der Waals surface area contributed by atoms with E-state index >= 15 is 0 Å². The first-order valence-corrected chi connectivity index (χ1v) is 5.96. The molecule has 100 valence electrons. The fraction of sp³-hybridized carbons (Fsp3) is 0.222. The molecule has 0 atom stereocenters. The molecule has 0 spiro atoms. The van der Waals surface area contributed by atoms with Crippen LogP contribution in [0.15, 0.2) is 21.1 Å². The molecular weight excluding hydrogens is 388 g/mol. The van der Waals surface area contributed by atoms with E-state index in [0.717, 1.165) is 0 Å². The van der Waals surface area contributed by atoms with Gasteiger partial charge in [-0.25, -0.2) is 8.78 Å². The highest BCUT2D eigenvalue weighted by molar-refractivity contribution is 9.11. The molecule has 0 fully saturated rings. The van der Waals surface area contributed by atoms with Crippen molar-refractivity contribution < 1.29 is 22.4 Å². The van der Waals surface area contributed by atoms with Crippen molar-refractivity contribution in [1.82, 2.24) is 0 Å². The van der Waals surface area contributed by atoms with Crippen molar-refractivity contribution in [3.8, 4) is 0 Å². The molecular formula is C9H6Br2F4N2O. The number of benzene rings is 1. The van der Waals surface area contributed by atoms with Crippen molar-refractivity contribution in [2.45, 2.75) is 12.3 Å². The van der Waals surface area contributed by atoms with Crippen molar-refractivity contribution in [1.29, 1.82) is 0 Å². The fourth-order valence-corrected chi connectivity index (χ4v) is 2.43.